The quantitative estimate of drug-likeness (QED) is 0.392. The normalized spacial score (nSPS) is 15.2. The van der Waals surface area contributed by atoms with E-state index in [9.17, 15) is 17.6 Å². The molecule has 0 radical (unpaired) electrons. The monoisotopic (exact) mass is 521 g/mol. The summed E-state index contributed by atoms with van der Waals surface area (Å²) in [4.78, 5) is 14.5. The minimum absolute atomic E-state index is 0.0812. The lowest BCUT2D eigenvalue weighted by molar-refractivity contribution is -0.130. The van der Waals surface area contributed by atoms with Gasteiger partial charge < -0.3 is 14.2 Å². The maximum absolute atomic E-state index is 13.8. The number of nitrogens with one attached hydrogen (secondary N) is 1. The number of ether oxygens (including phenoxy) is 1. The number of hydrogen-bond donors (Lipinski definition) is 1. The Bertz CT molecular complexity index is 1570. The first-order valence-electron chi connectivity index (χ1n) is 11.5. The number of carbonyl (C=O) groups excluding carboxylic acids is 1. The van der Waals surface area contributed by atoms with Crippen LogP contribution in [0.2, 0.25) is 0 Å². The Morgan fingerprint density at radius 3 is 2.57 bits per heavy atom. The van der Waals surface area contributed by atoms with Crippen molar-refractivity contribution in [3.63, 3.8) is 0 Å². The molecule has 1 aromatic heterocycles. The van der Waals surface area contributed by atoms with E-state index in [4.69, 9.17) is 9.26 Å². The molecule has 1 amide bonds. The van der Waals surface area contributed by atoms with Gasteiger partial charge in [0.25, 0.3) is 10.0 Å². The molecule has 1 aliphatic rings. The second-order valence-corrected chi connectivity index (χ2v) is 10.4. The van der Waals surface area contributed by atoms with E-state index in [1.165, 1.54) is 37.5 Å². The zero-order valence-corrected chi connectivity index (χ0v) is 21.0. The highest BCUT2D eigenvalue weighted by molar-refractivity contribution is 7.92. The zero-order valence-electron chi connectivity index (χ0n) is 20.1. The number of benzene rings is 3. The van der Waals surface area contributed by atoms with Crippen LogP contribution in [0.25, 0.3) is 11.1 Å². The van der Waals surface area contributed by atoms with Crippen molar-refractivity contribution >= 4 is 21.7 Å². The Hall–Kier alpha value is -4.18. The van der Waals surface area contributed by atoms with Crippen molar-refractivity contribution in [2.75, 3.05) is 18.4 Å². The van der Waals surface area contributed by atoms with Crippen LogP contribution in [0, 0.1) is 5.82 Å². The molecule has 0 fully saturated rings. The van der Waals surface area contributed by atoms with Crippen molar-refractivity contribution in [1.29, 1.82) is 0 Å². The number of amides is 1. The fourth-order valence-electron chi connectivity index (χ4n) is 4.69. The number of nitrogens with zero attached hydrogens (tertiary/aromatic N) is 2. The maximum atomic E-state index is 13.8. The van der Waals surface area contributed by atoms with E-state index in [2.05, 4.69) is 9.88 Å². The molecule has 8 nitrogen and oxygen atoms in total. The van der Waals surface area contributed by atoms with Gasteiger partial charge in [-0.2, -0.15) is 0 Å². The van der Waals surface area contributed by atoms with Crippen LogP contribution in [0.1, 0.15) is 29.7 Å². The smallest absolute Gasteiger partial charge is 0.263 e. The molecule has 4 aromatic rings. The predicted molar refractivity (Wildman–Crippen MR) is 135 cm³/mol. The standard InChI is InChI=1S/C27H24FN3O5S/c1-17(32)31-12-10-20-15-22(37(33,34)30-26-11-13-36-29-26)7-9-23(20)27(31)24-8-6-19(16-25(24)35-2)18-4-3-5-21(28)14-18/h3-9,11,13-16,27H,10,12H2,1-2H3,(H,29,30)/t27-/m1/s1. The molecule has 1 N–H and O–H groups in total. The third-order valence-electron chi connectivity index (χ3n) is 6.42. The van der Waals surface area contributed by atoms with E-state index in [0.29, 0.717) is 24.3 Å². The van der Waals surface area contributed by atoms with Gasteiger partial charge in [0.15, 0.2) is 5.82 Å². The van der Waals surface area contributed by atoms with E-state index >= 15 is 0 Å². The lowest BCUT2D eigenvalue weighted by atomic mass is 9.87. The van der Waals surface area contributed by atoms with Crippen LogP contribution < -0.4 is 9.46 Å². The minimum Gasteiger partial charge on any atom is -0.496 e. The van der Waals surface area contributed by atoms with Gasteiger partial charge in [0.1, 0.15) is 17.8 Å². The number of aromatic nitrogens is 1. The fourth-order valence-corrected chi connectivity index (χ4v) is 5.73. The summed E-state index contributed by atoms with van der Waals surface area (Å²) in [6.07, 6.45) is 1.76. The summed E-state index contributed by atoms with van der Waals surface area (Å²) in [5.74, 6) is 0.168. The molecule has 0 unspecified atom stereocenters. The lowest BCUT2D eigenvalue weighted by Crippen LogP contribution is -2.39. The van der Waals surface area contributed by atoms with Crippen LogP contribution in [-0.2, 0) is 21.2 Å². The van der Waals surface area contributed by atoms with Crippen LogP contribution in [0.3, 0.4) is 0 Å². The van der Waals surface area contributed by atoms with Gasteiger partial charge in [0.05, 0.1) is 18.0 Å². The molecule has 0 spiro atoms. The van der Waals surface area contributed by atoms with E-state index in [1.807, 2.05) is 24.3 Å². The first kappa shape index (κ1) is 24.5. The van der Waals surface area contributed by atoms with Crippen LogP contribution in [0.4, 0.5) is 10.2 Å². The van der Waals surface area contributed by atoms with Crippen molar-refractivity contribution in [3.05, 3.63) is 95.5 Å². The molecule has 0 bridgehead atoms. The second-order valence-electron chi connectivity index (χ2n) is 8.68. The highest BCUT2D eigenvalue weighted by Crippen LogP contribution is 2.41. The van der Waals surface area contributed by atoms with E-state index in [-0.39, 0.29) is 22.4 Å². The number of hydrogen-bond acceptors (Lipinski definition) is 6. The summed E-state index contributed by atoms with van der Waals surface area (Å²) >= 11 is 0. The summed E-state index contributed by atoms with van der Waals surface area (Å²) in [5.41, 5.74) is 3.83. The average Bonchev–Trinajstić information content (AvgIpc) is 3.39. The van der Waals surface area contributed by atoms with Crippen LogP contribution in [-0.4, -0.2) is 38.0 Å². The van der Waals surface area contributed by atoms with Crippen molar-refractivity contribution in [3.8, 4) is 16.9 Å². The number of rotatable bonds is 6. The molecule has 5 rings (SSSR count). The molecule has 37 heavy (non-hydrogen) atoms. The highest BCUT2D eigenvalue weighted by atomic mass is 32.2. The molecule has 3 aromatic carbocycles. The van der Waals surface area contributed by atoms with Gasteiger partial charge in [-0.15, -0.1) is 0 Å². The molecule has 1 aliphatic heterocycles. The summed E-state index contributed by atoms with van der Waals surface area (Å²) in [6, 6.07) is 17.6. The Morgan fingerprint density at radius 1 is 1.08 bits per heavy atom. The van der Waals surface area contributed by atoms with Gasteiger partial charge in [-0.05, 0) is 59.0 Å². The van der Waals surface area contributed by atoms with Gasteiger partial charge in [-0.3, -0.25) is 9.52 Å². The van der Waals surface area contributed by atoms with Gasteiger partial charge in [-0.25, -0.2) is 12.8 Å². The van der Waals surface area contributed by atoms with Crippen molar-refractivity contribution < 1.29 is 26.9 Å². The molecule has 1 atom stereocenters. The number of sulfonamides is 1. The van der Waals surface area contributed by atoms with Gasteiger partial charge in [-0.1, -0.05) is 35.5 Å². The Kier molecular flexibility index (Phi) is 6.43. The highest BCUT2D eigenvalue weighted by Gasteiger charge is 2.33. The molecular formula is C27H24FN3O5S. The number of fused-ring (bicyclic) bond motifs is 1. The predicted octanol–water partition coefficient (Wildman–Crippen LogP) is 4.78. The number of methoxy groups -OCH3 is 1. The van der Waals surface area contributed by atoms with Crippen LogP contribution in [0.15, 0.2) is 82.4 Å². The lowest BCUT2D eigenvalue weighted by Gasteiger charge is -2.38. The first-order chi connectivity index (χ1) is 17.8. The molecule has 0 saturated carbocycles. The Morgan fingerprint density at radius 2 is 1.86 bits per heavy atom. The molecule has 10 heteroatoms. The van der Waals surface area contributed by atoms with Crippen LogP contribution in [0.5, 0.6) is 5.75 Å². The van der Waals surface area contributed by atoms with Gasteiger partial charge in [0, 0.05) is 25.1 Å². The van der Waals surface area contributed by atoms with E-state index < -0.39 is 16.1 Å². The maximum Gasteiger partial charge on any atom is 0.263 e. The average molecular weight is 522 g/mol. The van der Waals surface area contributed by atoms with Crippen LogP contribution >= 0.6 is 0 Å². The third kappa shape index (κ3) is 4.79. The molecule has 2 heterocycles. The Labute approximate surface area is 213 Å². The van der Waals surface area contributed by atoms with Crippen molar-refractivity contribution in [1.82, 2.24) is 10.1 Å². The van der Waals surface area contributed by atoms with Crippen molar-refractivity contribution in [2.24, 2.45) is 0 Å². The minimum atomic E-state index is -3.89. The summed E-state index contributed by atoms with van der Waals surface area (Å²) < 4.78 is 52.4. The second kappa shape index (κ2) is 9.70. The Balaban J connectivity index is 1.57. The number of halogens is 1. The third-order valence-corrected chi connectivity index (χ3v) is 7.77. The zero-order chi connectivity index (χ0) is 26.2. The molecular weight excluding hydrogens is 497 g/mol. The molecule has 190 valence electrons. The summed E-state index contributed by atoms with van der Waals surface area (Å²) in [6.45, 7) is 1.91. The summed E-state index contributed by atoms with van der Waals surface area (Å²) in [5, 5.41) is 3.60. The molecule has 0 saturated heterocycles. The topological polar surface area (TPSA) is 102 Å². The SMILES string of the molecule is COc1cc(-c2cccc(F)c2)ccc1[C@H]1c2ccc(S(=O)(=O)Nc3ccon3)cc2CCN1C(C)=O. The first-order valence-corrected chi connectivity index (χ1v) is 13.0. The van der Waals surface area contributed by atoms with E-state index in [0.717, 1.165) is 22.3 Å². The number of carbonyl (C=O) groups is 1. The molecule has 0 aliphatic carbocycles. The van der Waals surface area contributed by atoms with E-state index in [1.54, 1.807) is 30.2 Å². The summed E-state index contributed by atoms with van der Waals surface area (Å²) in [7, 11) is -2.35. The fraction of sp³-hybridized carbons (Fsp3) is 0.185. The van der Waals surface area contributed by atoms with Gasteiger partial charge in [0.2, 0.25) is 5.91 Å². The number of anilines is 1. The largest absolute Gasteiger partial charge is 0.496 e. The van der Waals surface area contributed by atoms with Gasteiger partial charge >= 0.3 is 0 Å². The van der Waals surface area contributed by atoms with Crippen molar-refractivity contribution in [2.45, 2.75) is 24.3 Å².